The summed E-state index contributed by atoms with van der Waals surface area (Å²) < 4.78 is 5.78. The van der Waals surface area contributed by atoms with E-state index in [0.29, 0.717) is 18.2 Å². The highest BCUT2D eigenvalue weighted by Gasteiger charge is 2.22. The van der Waals surface area contributed by atoms with E-state index in [1.807, 2.05) is 0 Å². The van der Waals surface area contributed by atoms with Gasteiger partial charge >= 0.3 is 0 Å². The number of likely N-dealkylation sites (N-methyl/N-ethyl adjacent to an activating group) is 1. The molecule has 0 aromatic carbocycles. The minimum atomic E-state index is 0.381. The molecule has 18 heavy (non-hydrogen) atoms. The molecule has 1 N–H and O–H groups in total. The van der Waals surface area contributed by atoms with Crippen molar-refractivity contribution >= 4 is 0 Å². The van der Waals surface area contributed by atoms with Gasteiger partial charge in [-0.3, -0.25) is 0 Å². The molecule has 0 saturated carbocycles. The average Bonchev–Trinajstić information content (AvgIpc) is 2.37. The van der Waals surface area contributed by atoms with Crippen LogP contribution in [0.15, 0.2) is 0 Å². The number of nitrogens with zero attached hydrogens (tertiary/aromatic N) is 2. The summed E-state index contributed by atoms with van der Waals surface area (Å²) >= 11 is 0. The number of rotatable bonds is 4. The van der Waals surface area contributed by atoms with Crippen molar-refractivity contribution < 1.29 is 4.74 Å². The van der Waals surface area contributed by atoms with E-state index in [2.05, 4.69) is 36.0 Å². The molecule has 0 aromatic heterocycles. The monoisotopic (exact) mass is 255 g/mol. The summed E-state index contributed by atoms with van der Waals surface area (Å²) in [7, 11) is 2.18. The number of nitrogens with one attached hydrogen (secondary N) is 1. The van der Waals surface area contributed by atoms with Crippen LogP contribution in [0.3, 0.4) is 0 Å². The fourth-order valence-electron chi connectivity index (χ4n) is 2.91. The molecular weight excluding hydrogens is 226 g/mol. The molecule has 0 bridgehead atoms. The molecule has 2 heterocycles. The van der Waals surface area contributed by atoms with E-state index in [-0.39, 0.29) is 0 Å². The van der Waals surface area contributed by atoms with Gasteiger partial charge in [0.25, 0.3) is 0 Å². The van der Waals surface area contributed by atoms with Gasteiger partial charge in [0.1, 0.15) is 0 Å². The summed E-state index contributed by atoms with van der Waals surface area (Å²) in [6.07, 6.45) is 2.94. The summed E-state index contributed by atoms with van der Waals surface area (Å²) in [6.45, 7) is 11.1. The Bertz CT molecular complexity index is 239. The van der Waals surface area contributed by atoms with E-state index >= 15 is 0 Å². The first kappa shape index (κ1) is 14.3. The molecule has 0 amide bonds. The van der Waals surface area contributed by atoms with Gasteiger partial charge in [0.2, 0.25) is 0 Å². The van der Waals surface area contributed by atoms with Crippen LogP contribution in [0.5, 0.6) is 0 Å². The average molecular weight is 255 g/mol. The maximum Gasteiger partial charge on any atom is 0.0826 e. The van der Waals surface area contributed by atoms with Gasteiger partial charge in [-0.1, -0.05) is 0 Å². The first-order chi connectivity index (χ1) is 8.65. The fraction of sp³-hybridized carbons (Fsp3) is 1.00. The van der Waals surface area contributed by atoms with Crippen molar-refractivity contribution in [1.29, 1.82) is 0 Å². The summed E-state index contributed by atoms with van der Waals surface area (Å²) in [5, 5.41) is 3.69. The second-order valence-corrected chi connectivity index (χ2v) is 6.07. The van der Waals surface area contributed by atoms with E-state index in [1.54, 1.807) is 0 Å². The molecule has 2 rings (SSSR count). The Balaban J connectivity index is 1.63. The summed E-state index contributed by atoms with van der Waals surface area (Å²) in [5.41, 5.74) is 0. The van der Waals surface area contributed by atoms with Crippen molar-refractivity contribution in [2.75, 3.05) is 46.4 Å². The van der Waals surface area contributed by atoms with Gasteiger partial charge in [-0.15, -0.1) is 0 Å². The molecule has 2 aliphatic rings. The molecule has 106 valence electrons. The first-order valence-electron chi connectivity index (χ1n) is 7.42. The Hall–Kier alpha value is -0.160. The lowest BCUT2D eigenvalue weighted by molar-refractivity contribution is -0.0203. The van der Waals surface area contributed by atoms with E-state index < -0.39 is 0 Å². The van der Waals surface area contributed by atoms with Crippen molar-refractivity contribution in [3.8, 4) is 0 Å². The number of hydrogen-bond acceptors (Lipinski definition) is 4. The SMILES string of the molecule is CC(C)N1CCC(NCC2CN(C)CCO2)CC1. The summed E-state index contributed by atoms with van der Waals surface area (Å²) in [6, 6.07) is 1.39. The number of piperidine rings is 1. The summed E-state index contributed by atoms with van der Waals surface area (Å²) in [4.78, 5) is 4.93. The standard InChI is InChI=1S/C14H29N3O/c1-12(2)17-6-4-13(5-7-17)15-10-14-11-16(3)8-9-18-14/h12-15H,4-11H2,1-3H3. The number of likely N-dealkylation sites (tertiary alicyclic amines) is 1. The third kappa shape index (κ3) is 4.19. The molecular formula is C14H29N3O. The van der Waals surface area contributed by atoms with Crippen LogP contribution < -0.4 is 5.32 Å². The highest BCUT2D eigenvalue weighted by Crippen LogP contribution is 2.13. The van der Waals surface area contributed by atoms with Gasteiger partial charge in [0.05, 0.1) is 12.7 Å². The van der Waals surface area contributed by atoms with Crippen LogP contribution in [0.4, 0.5) is 0 Å². The Morgan fingerprint density at radius 2 is 1.94 bits per heavy atom. The van der Waals surface area contributed by atoms with Crippen LogP contribution in [-0.2, 0) is 4.74 Å². The van der Waals surface area contributed by atoms with E-state index in [4.69, 9.17) is 4.74 Å². The van der Waals surface area contributed by atoms with E-state index in [9.17, 15) is 0 Å². The maximum atomic E-state index is 5.78. The summed E-state index contributed by atoms with van der Waals surface area (Å²) in [5.74, 6) is 0. The number of morpholine rings is 1. The molecule has 2 fully saturated rings. The van der Waals surface area contributed by atoms with E-state index in [0.717, 1.165) is 26.2 Å². The smallest absolute Gasteiger partial charge is 0.0826 e. The van der Waals surface area contributed by atoms with Crippen molar-refractivity contribution in [1.82, 2.24) is 15.1 Å². The van der Waals surface area contributed by atoms with E-state index in [1.165, 1.54) is 25.9 Å². The van der Waals surface area contributed by atoms with Gasteiger partial charge < -0.3 is 19.9 Å². The van der Waals surface area contributed by atoms with Gasteiger partial charge in [-0.25, -0.2) is 0 Å². The topological polar surface area (TPSA) is 27.7 Å². The Morgan fingerprint density at radius 3 is 2.56 bits per heavy atom. The molecule has 4 nitrogen and oxygen atoms in total. The second-order valence-electron chi connectivity index (χ2n) is 6.07. The lowest BCUT2D eigenvalue weighted by atomic mass is 10.0. The van der Waals surface area contributed by atoms with Crippen molar-refractivity contribution in [3.63, 3.8) is 0 Å². The molecule has 2 aliphatic heterocycles. The number of ether oxygens (including phenoxy) is 1. The lowest BCUT2D eigenvalue weighted by Gasteiger charge is -2.36. The lowest BCUT2D eigenvalue weighted by Crippen LogP contribution is -2.50. The molecule has 0 radical (unpaired) electrons. The largest absolute Gasteiger partial charge is 0.374 e. The highest BCUT2D eigenvalue weighted by molar-refractivity contribution is 4.81. The molecule has 0 spiro atoms. The quantitative estimate of drug-likeness (QED) is 0.803. The molecule has 1 unspecified atom stereocenters. The zero-order valence-electron chi connectivity index (χ0n) is 12.2. The fourth-order valence-corrected chi connectivity index (χ4v) is 2.91. The molecule has 0 aromatic rings. The van der Waals surface area contributed by atoms with Crippen LogP contribution in [0.1, 0.15) is 26.7 Å². The molecule has 4 heteroatoms. The second kappa shape index (κ2) is 6.85. The van der Waals surface area contributed by atoms with Gasteiger partial charge in [-0.05, 0) is 46.8 Å². The van der Waals surface area contributed by atoms with Crippen LogP contribution in [0, 0.1) is 0 Å². The van der Waals surface area contributed by atoms with Gasteiger partial charge in [0.15, 0.2) is 0 Å². The zero-order chi connectivity index (χ0) is 13.0. The maximum absolute atomic E-state index is 5.78. The van der Waals surface area contributed by atoms with Crippen LogP contribution in [0.25, 0.3) is 0 Å². The Kier molecular flexibility index (Phi) is 5.42. The first-order valence-corrected chi connectivity index (χ1v) is 7.42. The van der Waals surface area contributed by atoms with Gasteiger partial charge in [-0.2, -0.15) is 0 Å². The minimum Gasteiger partial charge on any atom is -0.374 e. The van der Waals surface area contributed by atoms with Crippen molar-refractivity contribution in [2.45, 2.75) is 44.9 Å². The third-order valence-electron chi connectivity index (χ3n) is 4.24. The number of hydrogen-bond donors (Lipinski definition) is 1. The third-order valence-corrected chi connectivity index (χ3v) is 4.24. The molecule has 2 saturated heterocycles. The molecule has 1 atom stereocenters. The van der Waals surface area contributed by atoms with Crippen LogP contribution in [-0.4, -0.2) is 74.4 Å². The van der Waals surface area contributed by atoms with Crippen LogP contribution in [0.2, 0.25) is 0 Å². The zero-order valence-corrected chi connectivity index (χ0v) is 12.2. The normalized spacial score (nSPS) is 29.0. The van der Waals surface area contributed by atoms with Crippen LogP contribution >= 0.6 is 0 Å². The minimum absolute atomic E-state index is 0.381. The highest BCUT2D eigenvalue weighted by atomic mass is 16.5. The predicted molar refractivity (Wildman–Crippen MR) is 75.0 cm³/mol. The van der Waals surface area contributed by atoms with Crippen molar-refractivity contribution in [2.24, 2.45) is 0 Å². The predicted octanol–water partition coefficient (Wildman–Crippen LogP) is 0.779. The van der Waals surface area contributed by atoms with Crippen molar-refractivity contribution in [3.05, 3.63) is 0 Å². The Morgan fingerprint density at radius 1 is 1.22 bits per heavy atom. The Labute approximate surface area is 112 Å². The van der Waals surface area contributed by atoms with Gasteiger partial charge in [0, 0.05) is 31.7 Å². The molecule has 0 aliphatic carbocycles.